The van der Waals surface area contributed by atoms with Crippen molar-refractivity contribution >= 4 is 0 Å². The van der Waals surface area contributed by atoms with Crippen molar-refractivity contribution in [2.24, 2.45) is 5.73 Å². The molecule has 0 saturated carbocycles. The third-order valence-electron chi connectivity index (χ3n) is 3.86. The largest absolute Gasteiger partial charge is 0.364 e. The predicted octanol–water partition coefficient (Wildman–Crippen LogP) is 2.57. The molecule has 1 unspecified atom stereocenters. The Morgan fingerprint density at radius 3 is 2.05 bits per heavy atom. The fourth-order valence-electron chi connectivity index (χ4n) is 2.65. The van der Waals surface area contributed by atoms with Crippen LogP contribution in [-0.2, 0) is 17.6 Å². The van der Waals surface area contributed by atoms with Crippen LogP contribution in [0.3, 0.4) is 0 Å². The van der Waals surface area contributed by atoms with Gasteiger partial charge in [0.2, 0.25) is 0 Å². The molecule has 1 aliphatic heterocycles. The molecule has 19 heavy (non-hydrogen) atoms. The van der Waals surface area contributed by atoms with E-state index in [1.54, 1.807) is 0 Å². The highest BCUT2D eigenvalue weighted by molar-refractivity contribution is 5.24. The smallest absolute Gasteiger partial charge is 0.111 e. The van der Waals surface area contributed by atoms with Crippen LogP contribution in [0.2, 0.25) is 0 Å². The van der Waals surface area contributed by atoms with Crippen molar-refractivity contribution in [3.63, 3.8) is 0 Å². The second-order valence-electron chi connectivity index (χ2n) is 5.23. The lowest BCUT2D eigenvalue weighted by Crippen LogP contribution is -2.30. The molecule has 1 heterocycles. The molecule has 3 rings (SSSR count). The Labute approximate surface area is 114 Å². The van der Waals surface area contributed by atoms with Crippen LogP contribution in [0.15, 0.2) is 60.7 Å². The van der Waals surface area contributed by atoms with E-state index in [4.69, 9.17) is 10.5 Å². The molecule has 0 radical (unpaired) electrons. The Morgan fingerprint density at radius 1 is 0.895 bits per heavy atom. The summed E-state index contributed by atoms with van der Waals surface area (Å²) in [7, 11) is 0. The van der Waals surface area contributed by atoms with E-state index >= 15 is 0 Å². The number of ether oxygens (including phenoxy) is 1. The maximum Gasteiger partial charge on any atom is 0.111 e. The molecule has 0 aliphatic carbocycles. The molecule has 1 aliphatic rings. The molecule has 0 spiro atoms. The second kappa shape index (κ2) is 5.16. The first kappa shape index (κ1) is 12.4. The Kier molecular flexibility index (Phi) is 3.36. The van der Waals surface area contributed by atoms with Gasteiger partial charge in [-0.05, 0) is 11.1 Å². The Morgan fingerprint density at radius 2 is 1.47 bits per heavy atom. The summed E-state index contributed by atoms with van der Waals surface area (Å²) in [5.41, 5.74) is 8.39. The summed E-state index contributed by atoms with van der Waals surface area (Å²) < 4.78 is 5.94. The molecule has 0 amide bonds. The van der Waals surface area contributed by atoms with E-state index in [2.05, 4.69) is 48.5 Å². The molecular weight excluding hydrogens is 234 g/mol. The summed E-state index contributed by atoms with van der Waals surface area (Å²) in [6.07, 6.45) is 2.10. The summed E-state index contributed by atoms with van der Waals surface area (Å²) in [5, 5.41) is 0. The highest BCUT2D eigenvalue weighted by atomic mass is 16.6. The van der Waals surface area contributed by atoms with Gasteiger partial charge in [-0.2, -0.15) is 0 Å². The summed E-state index contributed by atoms with van der Waals surface area (Å²) in [5.74, 6) is 0. The number of hydrogen-bond donors (Lipinski definition) is 1. The number of rotatable bonds is 5. The fraction of sp³-hybridized carbons (Fsp3) is 0.294. The van der Waals surface area contributed by atoms with Crippen LogP contribution in [0.5, 0.6) is 0 Å². The van der Waals surface area contributed by atoms with Crippen molar-refractivity contribution in [2.75, 3.05) is 6.54 Å². The number of hydrogen-bond acceptors (Lipinski definition) is 2. The highest BCUT2D eigenvalue weighted by Crippen LogP contribution is 2.40. The maximum atomic E-state index is 5.94. The number of benzene rings is 2. The molecular formula is C17H19NO. The first-order valence-corrected chi connectivity index (χ1v) is 6.78. The molecule has 0 bridgehead atoms. The molecule has 2 N–H and O–H groups in total. The van der Waals surface area contributed by atoms with E-state index in [9.17, 15) is 0 Å². The quantitative estimate of drug-likeness (QED) is 0.832. The Balaban J connectivity index is 1.67. The zero-order chi connectivity index (χ0) is 13.1. The normalized spacial score (nSPS) is 25.2. The summed E-state index contributed by atoms with van der Waals surface area (Å²) in [6.45, 7) is 0.583. The van der Waals surface area contributed by atoms with Crippen LogP contribution in [-0.4, -0.2) is 18.2 Å². The lowest BCUT2D eigenvalue weighted by molar-refractivity contribution is 0.295. The summed E-state index contributed by atoms with van der Waals surface area (Å²) in [6, 6.07) is 20.9. The minimum atomic E-state index is -0.156. The van der Waals surface area contributed by atoms with E-state index in [-0.39, 0.29) is 11.7 Å². The van der Waals surface area contributed by atoms with Crippen molar-refractivity contribution in [1.29, 1.82) is 0 Å². The minimum absolute atomic E-state index is 0.156. The van der Waals surface area contributed by atoms with E-state index in [0.717, 1.165) is 12.8 Å². The molecule has 98 valence electrons. The molecule has 1 fully saturated rings. The summed E-state index contributed by atoms with van der Waals surface area (Å²) in [4.78, 5) is 0. The van der Waals surface area contributed by atoms with E-state index < -0.39 is 0 Å². The van der Waals surface area contributed by atoms with Crippen molar-refractivity contribution < 1.29 is 4.74 Å². The van der Waals surface area contributed by atoms with Crippen LogP contribution < -0.4 is 5.73 Å². The lowest BCUT2D eigenvalue weighted by atomic mass is 9.93. The predicted molar refractivity (Wildman–Crippen MR) is 77.0 cm³/mol. The number of nitrogens with two attached hydrogens (primary N) is 1. The third-order valence-corrected chi connectivity index (χ3v) is 3.86. The van der Waals surface area contributed by atoms with Crippen molar-refractivity contribution in [3.8, 4) is 0 Å². The van der Waals surface area contributed by atoms with Crippen LogP contribution in [0, 0.1) is 0 Å². The standard InChI is InChI=1S/C17H19NO/c18-13-17(12-15-9-5-2-6-10-15)16(19-17)11-14-7-3-1-4-8-14/h1-10,16H,11-13,18H2/t16?,17-/m0/s1. The summed E-state index contributed by atoms with van der Waals surface area (Å²) >= 11 is 0. The van der Waals surface area contributed by atoms with Gasteiger partial charge in [-0.1, -0.05) is 60.7 Å². The van der Waals surface area contributed by atoms with Crippen molar-refractivity contribution in [1.82, 2.24) is 0 Å². The lowest BCUT2D eigenvalue weighted by Gasteiger charge is -2.10. The second-order valence-corrected chi connectivity index (χ2v) is 5.23. The Hall–Kier alpha value is -1.64. The molecule has 0 aromatic heterocycles. The van der Waals surface area contributed by atoms with Gasteiger partial charge in [-0.25, -0.2) is 0 Å². The van der Waals surface area contributed by atoms with Gasteiger partial charge in [-0.15, -0.1) is 0 Å². The van der Waals surface area contributed by atoms with Crippen molar-refractivity contribution in [2.45, 2.75) is 24.5 Å². The topological polar surface area (TPSA) is 38.5 Å². The monoisotopic (exact) mass is 253 g/mol. The fourth-order valence-corrected chi connectivity index (χ4v) is 2.65. The van der Waals surface area contributed by atoms with Gasteiger partial charge in [0.1, 0.15) is 5.60 Å². The van der Waals surface area contributed by atoms with Gasteiger partial charge in [0.15, 0.2) is 0 Å². The molecule has 2 aromatic rings. The van der Waals surface area contributed by atoms with Gasteiger partial charge in [-0.3, -0.25) is 0 Å². The zero-order valence-corrected chi connectivity index (χ0v) is 11.0. The van der Waals surface area contributed by atoms with Gasteiger partial charge in [0, 0.05) is 19.4 Å². The first-order valence-electron chi connectivity index (χ1n) is 6.78. The first-order chi connectivity index (χ1) is 9.32. The average Bonchev–Trinajstić information content (AvgIpc) is 3.14. The van der Waals surface area contributed by atoms with Gasteiger partial charge < -0.3 is 10.5 Å². The number of epoxide rings is 1. The van der Waals surface area contributed by atoms with Gasteiger partial charge in [0.05, 0.1) is 6.10 Å². The highest BCUT2D eigenvalue weighted by Gasteiger charge is 2.54. The minimum Gasteiger partial charge on any atom is -0.364 e. The average molecular weight is 253 g/mol. The van der Waals surface area contributed by atoms with Gasteiger partial charge >= 0.3 is 0 Å². The maximum absolute atomic E-state index is 5.94. The molecule has 2 heteroatoms. The van der Waals surface area contributed by atoms with Crippen LogP contribution in [0.4, 0.5) is 0 Å². The van der Waals surface area contributed by atoms with E-state index in [1.807, 2.05) is 12.1 Å². The zero-order valence-electron chi connectivity index (χ0n) is 11.0. The van der Waals surface area contributed by atoms with Crippen molar-refractivity contribution in [3.05, 3.63) is 71.8 Å². The third kappa shape index (κ3) is 2.70. The Bertz CT molecular complexity index is 525. The van der Waals surface area contributed by atoms with Gasteiger partial charge in [0.25, 0.3) is 0 Å². The molecule has 2 nitrogen and oxygen atoms in total. The van der Waals surface area contributed by atoms with E-state index in [1.165, 1.54) is 11.1 Å². The van der Waals surface area contributed by atoms with Crippen LogP contribution >= 0.6 is 0 Å². The van der Waals surface area contributed by atoms with Crippen LogP contribution in [0.25, 0.3) is 0 Å². The molecule has 1 saturated heterocycles. The molecule has 2 atom stereocenters. The molecule has 2 aromatic carbocycles. The SMILES string of the molecule is NC[C@]1(Cc2ccccc2)OC1Cc1ccccc1. The van der Waals surface area contributed by atoms with E-state index in [0.29, 0.717) is 6.54 Å². The van der Waals surface area contributed by atoms with Crippen LogP contribution in [0.1, 0.15) is 11.1 Å².